The summed E-state index contributed by atoms with van der Waals surface area (Å²) >= 11 is 7.69. The molecule has 1 aromatic carbocycles. The van der Waals surface area contributed by atoms with E-state index in [2.05, 4.69) is 21.4 Å². The number of nitrogens with zero attached hydrogens (tertiary/aromatic N) is 2. The first kappa shape index (κ1) is 15.9. The van der Waals surface area contributed by atoms with Gasteiger partial charge in [0.15, 0.2) is 10.9 Å². The number of pyridine rings is 1. The van der Waals surface area contributed by atoms with Gasteiger partial charge >= 0.3 is 0 Å². The Bertz CT molecular complexity index is 955. The van der Waals surface area contributed by atoms with E-state index in [0.717, 1.165) is 33.4 Å². The van der Waals surface area contributed by atoms with Crippen LogP contribution in [0.3, 0.4) is 0 Å². The minimum absolute atomic E-state index is 0.443. The number of rotatable bonds is 4. The monoisotopic (exact) mass is 371 g/mol. The van der Waals surface area contributed by atoms with Gasteiger partial charge in [-0.2, -0.15) is 0 Å². The molecule has 1 aliphatic rings. The van der Waals surface area contributed by atoms with Gasteiger partial charge in [0.2, 0.25) is 0 Å². The minimum atomic E-state index is 0.443. The third kappa shape index (κ3) is 3.18. The number of aromatic nitrogens is 2. The molecule has 0 spiro atoms. The summed E-state index contributed by atoms with van der Waals surface area (Å²) in [5.74, 6) is 1.39. The third-order valence-corrected chi connectivity index (χ3v) is 4.83. The second kappa shape index (κ2) is 6.74. The molecule has 3 heterocycles. The molecule has 0 saturated heterocycles. The van der Waals surface area contributed by atoms with Crippen molar-refractivity contribution < 1.29 is 9.47 Å². The fourth-order valence-electron chi connectivity index (χ4n) is 2.56. The van der Waals surface area contributed by atoms with E-state index in [4.69, 9.17) is 21.1 Å². The van der Waals surface area contributed by atoms with Crippen LogP contribution < -0.4 is 14.8 Å². The number of benzene rings is 1. The molecule has 0 amide bonds. The van der Waals surface area contributed by atoms with Gasteiger partial charge in [0.05, 0.1) is 29.7 Å². The van der Waals surface area contributed by atoms with Crippen LogP contribution in [0.1, 0.15) is 11.3 Å². The van der Waals surface area contributed by atoms with E-state index < -0.39 is 0 Å². The molecule has 126 valence electrons. The van der Waals surface area contributed by atoms with Crippen LogP contribution in [0.4, 0.5) is 10.8 Å². The van der Waals surface area contributed by atoms with Gasteiger partial charge in [-0.25, -0.2) is 4.98 Å². The van der Waals surface area contributed by atoms with E-state index in [1.165, 1.54) is 11.3 Å². The first-order valence-electron chi connectivity index (χ1n) is 7.57. The predicted molar refractivity (Wildman–Crippen MR) is 101 cm³/mol. The molecule has 0 aliphatic carbocycles. The smallest absolute Gasteiger partial charge is 0.187 e. The summed E-state index contributed by atoms with van der Waals surface area (Å²) in [6.45, 7) is 0.443. The van der Waals surface area contributed by atoms with Crippen molar-refractivity contribution >= 4 is 45.4 Å². The molecule has 1 aliphatic heterocycles. The SMILES string of the molecule is COc1cnccc1Nc1nc(C2=Cc3cccc(Cl)c3OC2)cs1. The van der Waals surface area contributed by atoms with Crippen molar-refractivity contribution in [2.24, 2.45) is 0 Å². The highest BCUT2D eigenvalue weighted by Crippen LogP contribution is 2.37. The Hall–Kier alpha value is -2.57. The highest BCUT2D eigenvalue weighted by atomic mass is 35.5. The van der Waals surface area contributed by atoms with E-state index in [-0.39, 0.29) is 0 Å². The molecule has 0 unspecified atom stereocenters. The Morgan fingerprint density at radius 3 is 3.12 bits per heavy atom. The van der Waals surface area contributed by atoms with Crippen molar-refractivity contribution in [2.45, 2.75) is 0 Å². The van der Waals surface area contributed by atoms with Crippen LogP contribution in [0.15, 0.2) is 42.0 Å². The maximum atomic E-state index is 6.16. The van der Waals surface area contributed by atoms with Gasteiger partial charge in [0, 0.05) is 22.7 Å². The van der Waals surface area contributed by atoms with E-state index in [9.17, 15) is 0 Å². The van der Waals surface area contributed by atoms with E-state index in [1.54, 1.807) is 19.5 Å². The molecule has 0 bridgehead atoms. The van der Waals surface area contributed by atoms with Crippen LogP contribution >= 0.6 is 22.9 Å². The van der Waals surface area contributed by atoms with Gasteiger partial charge in [-0.05, 0) is 18.2 Å². The molecule has 7 heteroatoms. The molecule has 0 atom stereocenters. The molecule has 4 rings (SSSR count). The lowest BCUT2D eigenvalue weighted by Gasteiger charge is -2.17. The van der Waals surface area contributed by atoms with Crippen molar-refractivity contribution in [3.63, 3.8) is 0 Å². The Morgan fingerprint density at radius 1 is 1.32 bits per heavy atom. The molecule has 0 fully saturated rings. The number of anilines is 2. The number of para-hydroxylation sites is 1. The Kier molecular flexibility index (Phi) is 4.29. The second-order valence-electron chi connectivity index (χ2n) is 5.36. The summed E-state index contributed by atoms with van der Waals surface area (Å²) in [5.41, 5.74) is 3.68. The zero-order valence-corrected chi connectivity index (χ0v) is 14.9. The topological polar surface area (TPSA) is 56.3 Å². The molecule has 25 heavy (non-hydrogen) atoms. The number of ether oxygens (including phenoxy) is 2. The van der Waals surface area contributed by atoms with Crippen molar-refractivity contribution in [2.75, 3.05) is 19.0 Å². The predicted octanol–water partition coefficient (Wildman–Crippen LogP) is 4.88. The normalized spacial score (nSPS) is 12.8. The summed E-state index contributed by atoms with van der Waals surface area (Å²) in [7, 11) is 1.61. The molecular weight excluding hydrogens is 358 g/mol. The van der Waals surface area contributed by atoms with Crippen LogP contribution in [0, 0.1) is 0 Å². The van der Waals surface area contributed by atoms with E-state index >= 15 is 0 Å². The molecule has 3 aromatic rings. The number of thiazole rings is 1. The van der Waals surface area contributed by atoms with Crippen molar-refractivity contribution in [1.82, 2.24) is 9.97 Å². The summed E-state index contributed by atoms with van der Waals surface area (Å²) in [4.78, 5) is 8.70. The number of hydrogen-bond acceptors (Lipinski definition) is 6. The molecular formula is C18H14ClN3O2S. The first-order chi connectivity index (χ1) is 12.2. The second-order valence-corrected chi connectivity index (χ2v) is 6.62. The molecule has 2 aromatic heterocycles. The maximum Gasteiger partial charge on any atom is 0.187 e. The van der Waals surface area contributed by atoms with Gasteiger partial charge in [-0.3, -0.25) is 4.98 Å². The molecule has 5 nitrogen and oxygen atoms in total. The first-order valence-corrected chi connectivity index (χ1v) is 8.83. The van der Waals surface area contributed by atoms with Crippen molar-refractivity contribution in [3.05, 3.63) is 58.3 Å². The van der Waals surface area contributed by atoms with E-state index in [0.29, 0.717) is 17.4 Å². The lowest BCUT2D eigenvalue weighted by atomic mass is 10.1. The van der Waals surface area contributed by atoms with Crippen LogP contribution in [-0.4, -0.2) is 23.7 Å². The zero-order chi connectivity index (χ0) is 17.2. The number of hydrogen-bond donors (Lipinski definition) is 1. The maximum absolute atomic E-state index is 6.16. The highest BCUT2D eigenvalue weighted by molar-refractivity contribution is 7.13. The van der Waals surface area contributed by atoms with Crippen LogP contribution in [0.25, 0.3) is 11.6 Å². The fraction of sp³-hybridized carbons (Fsp3) is 0.111. The summed E-state index contributed by atoms with van der Waals surface area (Å²) in [6, 6.07) is 7.56. The van der Waals surface area contributed by atoms with Gasteiger partial charge < -0.3 is 14.8 Å². The van der Waals surface area contributed by atoms with Gasteiger partial charge in [-0.15, -0.1) is 11.3 Å². The highest BCUT2D eigenvalue weighted by Gasteiger charge is 2.17. The molecule has 0 radical (unpaired) electrons. The van der Waals surface area contributed by atoms with Crippen LogP contribution in [0.2, 0.25) is 5.02 Å². The molecule has 0 saturated carbocycles. The lowest BCUT2D eigenvalue weighted by molar-refractivity contribution is 0.365. The Labute approximate surface area is 153 Å². The van der Waals surface area contributed by atoms with Crippen molar-refractivity contribution in [1.29, 1.82) is 0 Å². The average molecular weight is 372 g/mol. The average Bonchev–Trinajstić information content (AvgIpc) is 3.11. The summed E-state index contributed by atoms with van der Waals surface area (Å²) < 4.78 is 11.1. The quantitative estimate of drug-likeness (QED) is 0.708. The Morgan fingerprint density at radius 2 is 2.24 bits per heavy atom. The number of nitrogens with one attached hydrogen (secondary N) is 1. The number of methoxy groups -OCH3 is 1. The summed E-state index contributed by atoms with van der Waals surface area (Å²) in [5, 5.41) is 6.66. The standard InChI is InChI=1S/C18H14ClN3O2S/c1-23-16-8-20-6-5-14(16)21-18-22-15(10-25-18)12-7-11-3-2-4-13(19)17(11)24-9-12/h2-8,10H,9H2,1H3,(H,20,21,22). The molecule has 1 N–H and O–H groups in total. The third-order valence-electron chi connectivity index (χ3n) is 3.78. The van der Waals surface area contributed by atoms with Crippen LogP contribution in [-0.2, 0) is 0 Å². The van der Waals surface area contributed by atoms with Gasteiger partial charge in [0.25, 0.3) is 0 Å². The van der Waals surface area contributed by atoms with E-state index in [1.807, 2.05) is 29.6 Å². The van der Waals surface area contributed by atoms with Gasteiger partial charge in [0.1, 0.15) is 12.4 Å². The largest absolute Gasteiger partial charge is 0.493 e. The number of halogens is 1. The summed E-state index contributed by atoms with van der Waals surface area (Å²) in [6.07, 6.45) is 5.43. The Balaban J connectivity index is 1.60. The minimum Gasteiger partial charge on any atom is -0.493 e. The lowest BCUT2D eigenvalue weighted by Crippen LogP contribution is -2.07. The van der Waals surface area contributed by atoms with Gasteiger partial charge in [-0.1, -0.05) is 23.7 Å². The zero-order valence-electron chi connectivity index (χ0n) is 13.3. The number of fused-ring (bicyclic) bond motifs is 1. The fourth-order valence-corrected chi connectivity index (χ4v) is 3.54. The van der Waals surface area contributed by atoms with Crippen molar-refractivity contribution in [3.8, 4) is 11.5 Å². The van der Waals surface area contributed by atoms with Crippen LogP contribution in [0.5, 0.6) is 11.5 Å².